The Kier molecular flexibility index (Phi) is 3.14. The number of Topliss-reactive ketones (excluding diaryl/α,β-unsaturated/α-hetero) is 1. The topological polar surface area (TPSA) is 80.4 Å². The lowest BCUT2D eigenvalue weighted by atomic mass is 9.95. The number of hydrogen-bond acceptors (Lipinski definition) is 4. The molecule has 0 aliphatic heterocycles. The smallest absolute Gasteiger partial charge is 0.314 e. The van der Waals surface area contributed by atoms with Crippen LogP contribution in [0.5, 0.6) is 0 Å². The number of ketones is 1. The van der Waals surface area contributed by atoms with Crippen LogP contribution in [0.4, 0.5) is 0 Å². The molecule has 0 amide bonds. The molecule has 1 aromatic carbocycles. The Morgan fingerprint density at radius 3 is 2.78 bits per heavy atom. The van der Waals surface area contributed by atoms with Crippen molar-refractivity contribution >= 4 is 22.9 Å². The number of aliphatic carboxylic acids is 1. The Bertz CT molecular complexity index is 614. The van der Waals surface area contributed by atoms with Crippen molar-refractivity contribution in [1.82, 2.24) is 4.98 Å². The van der Waals surface area contributed by atoms with E-state index in [-0.39, 0.29) is 6.42 Å². The number of carboxylic acids is 1. The third-order valence-electron chi connectivity index (χ3n) is 2.80. The summed E-state index contributed by atoms with van der Waals surface area (Å²) in [7, 11) is 0. The first kappa shape index (κ1) is 12.3. The molecular weight excluding hydrogens is 234 g/mol. The molecule has 0 aliphatic carbocycles. The van der Waals surface area contributed by atoms with Gasteiger partial charge in [-0.1, -0.05) is 6.92 Å². The van der Waals surface area contributed by atoms with Crippen LogP contribution in [0.1, 0.15) is 29.6 Å². The van der Waals surface area contributed by atoms with Crippen LogP contribution in [0.3, 0.4) is 0 Å². The Balaban J connectivity index is 2.41. The van der Waals surface area contributed by atoms with E-state index in [9.17, 15) is 9.59 Å². The highest BCUT2D eigenvalue weighted by atomic mass is 16.4. The average molecular weight is 247 g/mol. The predicted octanol–water partition coefficient (Wildman–Crippen LogP) is 2.43. The maximum atomic E-state index is 12.0. The zero-order chi connectivity index (χ0) is 13.3. The molecule has 0 radical (unpaired) electrons. The van der Waals surface area contributed by atoms with Gasteiger partial charge in [-0.05, 0) is 24.6 Å². The van der Waals surface area contributed by atoms with Crippen LogP contribution in [0.15, 0.2) is 22.6 Å². The summed E-state index contributed by atoms with van der Waals surface area (Å²) < 4.78 is 5.30. The van der Waals surface area contributed by atoms with Gasteiger partial charge in [0.05, 0.1) is 0 Å². The molecule has 1 N–H and O–H groups in total. The van der Waals surface area contributed by atoms with Crippen LogP contribution in [0.2, 0.25) is 0 Å². The van der Waals surface area contributed by atoms with E-state index in [0.29, 0.717) is 22.6 Å². The summed E-state index contributed by atoms with van der Waals surface area (Å²) in [4.78, 5) is 27.1. The minimum absolute atomic E-state index is 0.268. The fraction of sp³-hybridized carbons (Fsp3) is 0.308. The van der Waals surface area contributed by atoms with Crippen LogP contribution in [0.25, 0.3) is 11.1 Å². The summed E-state index contributed by atoms with van der Waals surface area (Å²) in [6.45, 7) is 3.39. The van der Waals surface area contributed by atoms with Crippen molar-refractivity contribution in [3.63, 3.8) is 0 Å². The second-order valence-electron chi connectivity index (χ2n) is 4.08. The summed E-state index contributed by atoms with van der Waals surface area (Å²) in [6, 6.07) is 4.78. The van der Waals surface area contributed by atoms with Crippen molar-refractivity contribution in [2.75, 3.05) is 0 Å². The van der Waals surface area contributed by atoms with Crippen LogP contribution in [-0.4, -0.2) is 21.8 Å². The predicted molar refractivity (Wildman–Crippen MR) is 64.5 cm³/mol. The van der Waals surface area contributed by atoms with Gasteiger partial charge in [-0.25, -0.2) is 4.98 Å². The second-order valence-corrected chi connectivity index (χ2v) is 4.08. The number of carbonyl (C=O) groups is 2. The van der Waals surface area contributed by atoms with Gasteiger partial charge in [0.2, 0.25) is 0 Å². The van der Waals surface area contributed by atoms with Gasteiger partial charge in [-0.15, -0.1) is 0 Å². The highest BCUT2D eigenvalue weighted by Crippen LogP contribution is 2.20. The summed E-state index contributed by atoms with van der Waals surface area (Å²) in [5, 5.41) is 8.97. The summed E-state index contributed by atoms with van der Waals surface area (Å²) in [6.07, 6.45) is 0.268. The molecule has 0 bridgehead atoms. The lowest BCUT2D eigenvalue weighted by Gasteiger charge is -2.08. The van der Waals surface area contributed by atoms with Crippen molar-refractivity contribution in [3.05, 3.63) is 29.7 Å². The molecular formula is C13H13NO4. The molecule has 0 saturated heterocycles. The van der Waals surface area contributed by atoms with E-state index in [1.807, 2.05) is 0 Å². The van der Waals surface area contributed by atoms with Gasteiger partial charge >= 0.3 is 5.97 Å². The van der Waals surface area contributed by atoms with Gasteiger partial charge in [0.25, 0.3) is 0 Å². The number of nitrogens with zero attached hydrogens (tertiary/aromatic N) is 1. The quantitative estimate of drug-likeness (QED) is 0.663. The number of aryl methyl sites for hydroxylation is 1. The lowest BCUT2D eigenvalue weighted by Crippen LogP contribution is -2.23. The number of oxazole rings is 1. The Morgan fingerprint density at radius 1 is 1.44 bits per heavy atom. The third-order valence-corrected chi connectivity index (χ3v) is 2.80. The van der Waals surface area contributed by atoms with Crippen molar-refractivity contribution in [2.45, 2.75) is 20.3 Å². The Hall–Kier alpha value is -2.17. The van der Waals surface area contributed by atoms with Gasteiger partial charge < -0.3 is 9.52 Å². The van der Waals surface area contributed by atoms with Crippen LogP contribution >= 0.6 is 0 Å². The minimum Gasteiger partial charge on any atom is -0.481 e. The molecule has 0 fully saturated rings. The summed E-state index contributed by atoms with van der Waals surface area (Å²) >= 11 is 0. The van der Waals surface area contributed by atoms with E-state index < -0.39 is 17.7 Å². The zero-order valence-electron chi connectivity index (χ0n) is 10.1. The lowest BCUT2D eigenvalue weighted by molar-refractivity contribution is -0.140. The van der Waals surface area contributed by atoms with Gasteiger partial charge in [0.1, 0.15) is 11.4 Å². The number of hydrogen-bond donors (Lipinski definition) is 1. The number of carboxylic acid groups (broad SMARTS) is 1. The van der Waals surface area contributed by atoms with Crippen molar-refractivity contribution < 1.29 is 19.1 Å². The number of rotatable bonds is 4. The van der Waals surface area contributed by atoms with Crippen molar-refractivity contribution in [3.8, 4) is 0 Å². The normalized spacial score (nSPS) is 12.6. The SMILES string of the molecule is CCC(C(=O)O)C(=O)c1ccc2oc(C)nc2c1. The van der Waals surface area contributed by atoms with E-state index in [1.165, 1.54) is 0 Å². The summed E-state index contributed by atoms with van der Waals surface area (Å²) in [5.41, 5.74) is 1.51. The van der Waals surface area contributed by atoms with E-state index in [2.05, 4.69) is 4.98 Å². The standard InChI is InChI=1S/C13H13NO4/c1-3-9(13(16)17)12(15)8-4-5-11-10(6-8)14-7(2)18-11/h4-6,9H,3H2,1-2H3,(H,16,17). The Morgan fingerprint density at radius 2 is 2.17 bits per heavy atom. The monoisotopic (exact) mass is 247 g/mol. The molecule has 18 heavy (non-hydrogen) atoms. The first-order chi connectivity index (χ1) is 8.52. The maximum absolute atomic E-state index is 12.0. The number of fused-ring (bicyclic) bond motifs is 1. The second kappa shape index (κ2) is 4.60. The molecule has 0 aliphatic rings. The summed E-state index contributed by atoms with van der Waals surface area (Å²) in [5.74, 6) is -1.98. The van der Waals surface area contributed by atoms with Gasteiger partial charge in [-0.3, -0.25) is 9.59 Å². The largest absolute Gasteiger partial charge is 0.481 e. The van der Waals surface area contributed by atoms with E-state index >= 15 is 0 Å². The maximum Gasteiger partial charge on any atom is 0.314 e. The fourth-order valence-corrected chi connectivity index (χ4v) is 1.87. The highest BCUT2D eigenvalue weighted by Gasteiger charge is 2.25. The molecule has 0 spiro atoms. The van der Waals surface area contributed by atoms with E-state index in [0.717, 1.165) is 0 Å². The van der Waals surface area contributed by atoms with Gasteiger partial charge in [-0.2, -0.15) is 0 Å². The molecule has 1 aromatic heterocycles. The average Bonchev–Trinajstić information content (AvgIpc) is 2.68. The molecule has 0 saturated carbocycles. The molecule has 1 heterocycles. The number of carbonyl (C=O) groups excluding carboxylic acids is 1. The highest BCUT2D eigenvalue weighted by molar-refractivity contribution is 6.09. The van der Waals surface area contributed by atoms with Crippen LogP contribution in [-0.2, 0) is 4.79 Å². The Labute approximate surface area is 103 Å². The number of benzene rings is 1. The fourth-order valence-electron chi connectivity index (χ4n) is 1.87. The molecule has 2 aromatic rings. The van der Waals surface area contributed by atoms with E-state index in [4.69, 9.17) is 9.52 Å². The first-order valence-electron chi connectivity index (χ1n) is 5.67. The van der Waals surface area contributed by atoms with Crippen LogP contribution in [0, 0.1) is 12.8 Å². The molecule has 1 atom stereocenters. The van der Waals surface area contributed by atoms with Gasteiger partial charge in [0.15, 0.2) is 17.3 Å². The number of aromatic nitrogens is 1. The van der Waals surface area contributed by atoms with Crippen molar-refractivity contribution in [1.29, 1.82) is 0 Å². The minimum atomic E-state index is -1.10. The molecule has 5 heteroatoms. The molecule has 94 valence electrons. The molecule has 2 rings (SSSR count). The van der Waals surface area contributed by atoms with Crippen LogP contribution < -0.4 is 0 Å². The van der Waals surface area contributed by atoms with Crippen molar-refractivity contribution in [2.24, 2.45) is 5.92 Å². The molecule has 1 unspecified atom stereocenters. The zero-order valence-corrected chi connectivity index (χ0v) is 10.1. The van der Waals surface area contributed by atoms with E-state index in [1.54, 1.807) is 32.0 Å². The molecule has 5 nitrogen and oxygen atoms in total. The van der Waals surface area contributed by atoms with Gasteiger partial charge in [0, 0.05) is 12.5 Å². The third kappa shape index (κ3) is 2.11. The first-order valence-corrected chi connectivity index (χ1v) is 5.67.